The molecule has 1 fully saturated rings. The summed E-state index contributed by atoms with van der Waals surface area (Å²) in [5.41, 5.74) is 12.8. The van der Waals surface area contributed by atoms with Crippen molar-refractivity contribution in [3.8, 4) is 0 Å². The van der Waals surface area contributed by atoms with Crippen LogP contribution in [0.3, 0.4) is 0 Å². The fourth-order valence-corrected chi connectivity index (χ4v) is 8.68. The predicted octanol–water partition coefficient (Wildman–Crippen LogP) is 10.7. The van der Waals surface area contributed by atoms with Crippen LogP contribution in [0.15, 0.2) is 94.9 Å². The van der Waals surface area contributed by atoms with Crippen LogP contribution in [0.4, 0.5) is 22.7 Å². The first-order valence-electron chi connectivity index (χ1n) is 18.0. The van der Waals surface area contributed by atoms with Crippen molar-refractivity contribution >= 4 is 35.2 Å². The summed E-state index contributed by atoms with van der Waals surface area (Å²) in [7, 11) is 4.40. The number of aliphatic imine (C=N–C) groups is 2. The highest BCUT2D eigenvalue weighted by Crippen LogP contribution is 2.47. The summed E-state index contributed by atoms with van der Waals surface area (Å²) in [6, 6.07) is 32.5. The van der Waals surface area contributed by atoms with E-state index < -0.39 is 0 Å². The summed E-state index contributed by atoms with van der Waals surface area (Å²) < 4.78 is 0. The van der Waals surface area contributed by atoms with E-state index in [0.29, 0.717) is 12.1 Å². The van der Waals surface area contributed by atoms with Gasteiger partial charge in [-0.3, -0.25) is 9.98 Å². The average Bonchev–Trinajstić information content (AvgIpc) is 3.39. The van der Waals surface area contributed by atoms with Gasteiger partial charge in [-0.05, 0) is 109 Å². The molecule has 2 atom stereocenters. The number of fused-ring (bicyclic) bond motifs is 2. The molecule has 0 saturated heterocycles. The van der Waals surface area contributed by atoms with Crippen LogP contribution in [-0.4, -0.2) is 38.6 Å². The molecule has 0 bridgehead atoms. The molecule has 4 aromatic rings. The van der Waals surface area contributed by atoms with E-state index in [9.17, 15) is 0 Å². The molecule has 1 saturated carbocycles. The lowest BCUT2D eigenvalue weighted by molar-refractivity contribution is 0.346. The van der Waals surface area contributed by atoms with E-state index in [1.807, 2.05) is 12.4 Å². The van der Waals surface area contributed by atoms with Crippen LogP contribution < -0.4 is 9.80 Å². The van der Waals surface area contributed by atoms with Crippen LogP contribution >= 0.6 is 0 Å². The summed E-state index contributed by atoms with van der Waals surface area (Å²) in [5, 5.41) is 0. The van der Waals surface area contributed by atoms with Gasteiger partial charge in [0.2, 0.25) is 0 Å². The molecule has 4 aromatic carbocycles. The fraction of sp³-hybridized carbons (Fsp3) is 0.409. The number of benzene rings is 4. The Morgan fingerprint density at radius 2 is 0.958 bits per heavy atom. The van der Waals surface area contributed by atoms with Gasteiger partial charge in [0.25, 0.3) is 0 Å². The van der Waals surface area contributed by atoms with Crippen molar-refractivity contribution in [2.75, 3.05) is 23.9 Å². The molecular formula is C44H52N4. The Morgan fingerprint density at radius 3 is 1.35 bits per heavy atom. The molecule has 0 radical (unpaired) electrons. The van der Waals surface area contributed by atoms with Crippen molar-refractivity contribution in [3.63, 3.8) is 0 Å². The third-order valence-corrected chi connectivity index (χ3v) is 12.7. The third-order valence-electron chi connectivity index (χ3n) is 12.7. The molecular weight excluding hydrogens is 585 g/mol. The second kappa shape index (κ2) is 12.1. The van der Waals surface area contributed by atoms with Gasteiger partial charge in [0.05, 0.1) is 11.4 Å². The van der Waals surface area contributed by atoms with E-state index in [0.717, 1.165) is 22.5 Å². The van der Waals surface area contributed by atoms with Gasteiger partial charge in [-0.1, -0.05) is 83.4 Å². The quantitative estimate of drug-likeness (QED) is 0.197. The molecule has 0 aromatic heterocycles. The second-order valence-electron chi connectivity index (χ2n) is 15.8. The molecule has 3 aliphatic rings. The van der Waals surface area contributed by atoms with Gasteiger partial charge in [0.15, 0.2) is 0 Å². The standard InChI is InChI=1S/C44H52N4/c1-30-42(3,4)38-26-32(12-22-40(38)47(30)7)28-45-36-18-14-34(15-19-36)44(24-10-9-11-25-44)35-16-20-37(21-17-35)46-29-33-13-23-41-39(27-33)43(5,6)31(2)48(41)8/h12-23,26-31H,9-11,24-25H2,1-8H3/t30-,31-/m1/s1. The normalized spacial score (nSPS) is 22.4. The molecule has 0 spiro atoms. The Kier molecular flexibility index (Phi) is 8.13. The van der Waals surface area contributed by atoms with E-state index in [1.165, 1.54) is 65.7 Å². The van der Waals surface area contributed by atoms with Crippen LogP contribution in [0.5, 0.6) is 0 Å². The molecule has 1 aliphatic carbocycles. The first-order valence-corrected chi connectivity index (χ1v) is 18.0. The van der Waals surface area contributed by atoms with Crippen molar-refractivity contribution in [1.82, 2.24) is 0 Å². The maximum Gasteiger partial charge on any atom is 0.0630 e. The highest BCUT2D eigenvalue weighted by Gasteiger charge is 2.41. The lowest BCUT2D eigenvalue weighted by Gasteiger charge is -2.38. The van der Waals surface area contributed by atoms with E-state index >= 15 is 0 Å². The highest BCUT2D eigenvalue weighted by atomic mass is 15.2. The third kappa shape index (κ3) is 5.38. The van der Waals surface area contributed by atoms with Gasteiger partial charge in [0, 0.05) is 66.2 Å². The number of hydrogen-bond acceptors (Lipinski definition) is 4. The molecule has 0 amide bonds. The summed E-state index contributed by atoms with van der Waals surface area (Å²) in [4.78, 5) is 14.6. The smallest absolute Gasteiger partial charge is 0.0630 e. The predicted molar refractivity (Wildman–Crippen MR) is 206 cm³/mol. The minimum absolute atomic E-state index is 0.0330. The maximum atomic E-state index is 4.90. The van der Waals surface area contributed by atoms with Gasteiger partial charge in [-0.2, -0.15) is 0 Å². The van der Waals surface area contributed by atoms with Crippen molar-refractivity contribution in [2.45, 2.75) is 102 Å². The first-order chi connectivity index (χ1) is 22.9. The molecule has 2 heterocycles. The second-order valence-corrected chi connectivity index (χ2v) is 15.8. The van der Waals surface area contributed by atoms with Gasteiger partial charge in [-0.15, -0.1) is 0 Å². The fourth-order valence-electron chi connectivity index (χ4n) is 8.68. The SMILES string of the molecule is C[C@H]1N(C)c2ccc(C=Nc3ccc(C4(c5ccc(N=Cc6ccc7c(c6)C(C)(C)[C@@H](C)N7C)cc5)CCCCC4)cc3)cc2C1(C)C. The molecule has 4 nitrogen and oxygen atoms in total. The molecule has 0 unspecified atom stereocenters. The van der Waals surface area contributed by atoms with Crippen molar-refractivity contribution in [2.24, 2.45) is 9.98 Å². The van der Waals surface area contributed by atoms with Gasteiger partial charge >= 0.3 is 0 Å². The summed E-state index contributed by atoms with van der Waals surface area (Å²) in [6.45, 7) is 14.0. The Labute approximate surface area is 288 Å². The number of rotatable bonds is 6. The van der Waals surface area contributed by atoms with Crippen molar-refractivity contribution < 1.29 is 0 Å². The number of hydrogen-bond donors (Lipinski definition) is 0. The Hall–Kier alpha value is -4.18. The summed E-state index contributed by atoms with van der Waals surface area (Å²) >= 11 is 0. The van der Waals surface area contributed by atoms with E-state index in [-0.39, 0.29) is 16.2 Å². The van der Waals surface area contributed by atoms with E-state index in [2.05, 4.69) is 150 Å². The number of anilines is 2. The van der Waals surface area contributed by atoms with Crippen LogP contribution in [0.1, 0.15) is 107 Å². The molecule has 48 heavy (non-hydrogen) atoms. The largest absolute Gasteiger partial charge is 0.371 e. The minimum atomic E-state index is 0.0330. The van der Waals surface area contributed by atoms with Gasteiger partial charge in [-0.25, -0.2) is 0 Å². The zero-order valence-electron chi connectivity index (χ0n) is 30.2. The van der Waals surface area contributed by atoms with Gasteiger partial charge < -0.3 is 9.80 Å². The Balaban J connectivity index is 1.09. The Bertz CT molecular complexity index is 1720. The van der Waals surface area contributed by atoms with Crippen molar-refractivity contribution in [1.29, 1.82) is 0 Å². The molecule has 4 heteroatoms. The first kappa shape index (κ1) is 32.4. The van der Waals surface area contributed by atoms with Crippen LogP contribution in [0.2, 0.25) is 0 Å². The zero-order valence-corrected chi connectivity index (χ0v) is 30.2. The molecule has 248 valence electrons. The molecule has 2 aliphatic heterocycles. The van der Waals surface area contributed by atoms with Crippen LogP contribution in [0.25, 0.3) is 0 Å². The topological polar surface area (TPSA) is 31.2 Å². The van der Waals surface area contributed by atoms with Gasteiger partial charge in [0.1, 0.15) is 0 Å². The zero-order chi connectivity index (χ0) is 33.8. The van der Waals surface area contributed by atoms with E-state index in [1.54, 1.807) is 0 Å². The minimum Gasteiger partial charge on any atom is -0.371 e. The van der Waals surface area contributed by atoms with Crippen molar-refractivity contribution in [3.05, 3.63) is 118 Å². The van der Waals surface area contributed by atoms with E-state index in [4.69, 9.17) is 9.98 Å². The van der Waals surface area contributed by atoms with Crippen LogP contribution in [0, 0.1) is 0 Å². The maximum absolute atomic E-state index is 4.90. The van der Waals surface area contributed by atoms with Crippen LogP contribution in [-0.2, 0) is 16.2 Å². The molecule has 0 N–H and O–H groups in total. The summed E-state index contributed by atoms with van der Waals surface area (Å²) in [6.07, 6.45) is 10.2. The molecule has 7 rings (SSSR count). The lowest BCUT2D eigenvalue weighted by Crippen LogP contribution is -2.36. The highest BCUT2D eigenvalue weighted by molar-refractivity contribution is 5.85. The number of nitrogens with zero attached hydrogens (tertiary/aromatic N) is 4. The average molecular weight is 637 g/mol. The number of likely N-dealkylation sites (N-methyl/N-ethyl adjacent to an activating group) is 2. The summed E-state index contributed by atoms with van der Waals surface area (Å²) in [5.74, 6) is 0. The Morgan fingerprint density at radius 1 is 0.562 bits per heavy atom. The lowest BCUT2D eigenvalue weighted by atomic mass is 9.65. The monoisotopic (exact) mass is 636 g/mol.